The van der Waals surface area contributed by atoms with Gasteiger partial charge >= 0.3 is 0 Å². The predicted molar refractivity (Wildman–Crippen MR) is 64.7 cm³/mol. The van der Waals surface area contributed by atoms with Crippen molar-refractivity contribution in [3.63, 3.8) is 0 Å². The van der Waals surface area contributed by atoms with Crippen LogP contribution in [-0.4, -0.2) is 29.2 Å². The van der Waals surface area contributed by atoms with E-state index in [-0.39, 0.29) is 11.9 Å². The minimum Gasteiger partial charge on any atom is -0.485 e. The Morgan fingerprint density at radius 1 is 1.22 bits per heavy atom. The van der Waals surface area contributed by atoms with E-state index in [4.69, 9.17) is 4.74 Å². The van der Waals surface area contributed by atoms with Crippen molar-refractivity contribution >= 4 is 0 Å². The smallest absolute Gasteiger partial charge is 0.159 e. The Kier molecular flexibility index (Phi) is 2.90. The van der Waals surface area contributed by atoms with Gasteiger partial charge in [-0.25, -0.2) is 14.4 Å². The number of benzene rings is 1. The minimum atomic E-state index is -0.294. The van der Waals surface area contributed by atoms with Crippen molar-refractivity contribution in [3.05, 3.63) is 42.5 Å². The summed E-state index contributed by atoms with van der Waals surface area (Å²) in [6.45, 7) is 1.71. The normalized spacial score (nSPS) is 15.2. The molecule has 1 aliphatic rings. The van der Waals surface area contributed by atoms with E-state index < -0.39 is 0 Å². The van der Waals surface area contributed by atoms with E-state index >= 15 is 0 Å². The van der Waals surface area contributed by atoms with Gasteiger partial charge in [-0.15, -0.1) is 0 Å². The minimum absolute atomic E-state index is 0.202. The monoisotopic (exact) mass is 245 g/mol. The van der Waals surface area contributed by atoms with Crippen LogP contribution >= 0.6 is 0 Å². The van der Waals surface area contributed by atoms with Crippen molar-refractivity contribution in [2.45, 2.75) is 6.10 Å². The summed E-state index contributed by atoms with van der Waals surface area (Å²) in [6.07, 6.45) is 3.44. The summed E-state index contributed by atoms with van der Waals surface area (Å²) < 4.78 is 18.7. The lowest BCUT2D eigenvalue weighted by atomic mass is 10.2. The molecule has 1 aromatic heterocycles. The molecule has 2 heterocycles. The lowest BCUT2D eigenvalue weighted by Crippen LogP contribution is -2.50. The zero-order chi connectivity index (χ0) is 12.4. The molecule has 0 atom stereocenters. The first-order valence-corrected chi connectivity index (χ1v) is 5.76. The first-order valence-electron chi connectivity index (χ1n) is 5.76. The van der Waals surface area contributed by atoms with Crippen molar-refractivity contribution < 1.29 is 9.13 Å². The molecule has 1 saturated heterocycles. The Labute approximate surface area is 104 Å². The average molecular weight is 245 g/mol. The molecule has 0 spiro atoms. The van der Waals surface area contributed by atoms with Gasteiger partial charge < -0.3 is 10.1 Å². The third kappa shape index (κ3) is 2.31. The second-order valence-electron chi connectivity index (χ2n) is 4.15. The molecule has 0 amide bonds. The Balaban J connectivity index is 1.77. The van der Waals surface area contributed by atoms with Crippen LogP contribution in [0, 0.1) is 5.82 Å². The standard InChI is InChI=1S/C13H12FN3O/c14-10-3-1-2-9(4-10)13-16-7-12(8-17-13)18-11-5-15-6-11/h1-4,7-8,11,15H,5-6H2. The molecule has 18 heavy (non-hydrogen) atoms. The van der Waals surface area contributed by atoms with Crippen molar-refractivity contribution in [3.8, 4) is 17.1 Å². The number of rotatable bonds is 3. The van der Waals surface area contributed by atoms with Crippen LogP contribution in [-0.2, 0) is 0 Å². The van der Waals surface area contributed by atoms with E-state index in [2.05, 4.69) is 15.3 Å². The molecule has 1 aliphatic heterocycles. The largest absolute Gasteiger partial charge is 0.485 e. The SMILES string of the molecule is Fc1cccc(-c2ncc(OC3CNC3)cn2)c1. The molecule has 92 valence electrons. The summed E-state index contributed by atoms with van der Waals surface area (Å²) >= 11 is 0. The van der Waals surface area contributed by atoms with Crippen molar-refractivity contribution in [2.75, 3.05) is 13.1 Å². The molecule has 3 rings (SSSR count). The highest BCUT2D eigenvalue weighted by molar-refractivity contribution is 5.54. The number of ether oxygens (including phenoxy) is 1. The number of nitrogens with zero attached hydrogens (tertiary/aromatic N) is 2. The second-order valence-corrected chi connectivity index (χ2v) is 4.15. The van der Waals surface area contributed by atoms with Crippen LogP contribution in [0.5, 0.6) is 5.75 Å². The second kappa shape index (κ2) is 4.70. The maximum atomic E-state index is 13.1. The third-order valence-electron chi connectivity index (χ3n) is 2.76. The first-order chi connectivity index (χ1) is 8.81. The molecule has 0 bridgehead atoms. The van der Waals surface area contributed by atoms with Gasteiger partial charge in [0.05, 0.1) is 12.4 Å². The van der Waals surface area contributed by atoms with E-state index in [1.807, 2.05) is 0 Å². The van der Waals surface area contributed by atoms with Crippen molar-refractivity contribution in [1.29, 1.82) is 0 Å². The zero-order valence-corrected chi connectivity index (χ0v) is 9.64. The lowest BCUT2D eigenvalue weighted by molar-refractivity contribution is 0.141. The quantitative estimate of drug-likeness (QED) is 0.892. The molecule has 0 saturated carbocycles. The van der Waals surface area contributed by atoms with E-state index in [1.54, 1.807) is 24.5 Å². The van der Waals surface area contributed by atoms with Gasteiger partial charge in [-0.1, -0.05) is 12.1 Å². The molecular weight excluding hydrogens is 233 g/mol. The highest BCUT2D eigenvalue weighted by Crippen LogP contribution is 2.18. The molecular formula is C13H12FN3O. The number of hydrogen-bond acceptors (Lipinski definition) is 4. The molecule has 1 N–H and O–H groups in total. The van der Waals surface area contributed by atoms with Crippen LogP contribution in [0.2, 0.25) is 0 Å². The predicted octanol–water partition coefficient (Wildman–Crippen LogP) is 1.63. The van der Waals surface area contributed by atoms with Gasteiger partial charge in [-0.05, 0) is 12.1 Å². The average Bonchev–Trinajstić information content (AvgIpc) is 2.35. The van der Waals surface area contributed by atoms with Gasteiger partial charge in [0.2, 0.25) is 0 Å². The van der Waals surface area contributed by atoms with Gasteiger partial charge in [0.25, 0.3) is 0 Å². The maximum absolute atomic E-state index is 13.1. The molecule has 0 radical (unpaired) electrons. The van der Waals surface area contributed by atoms with E-state index in [1.165, 1.54) is 12.1 Å². The van der Waals surface area contributed by atoms with Gasteiger partial charge in [0, 0.05) is 18.7 Å². The van der Waals surface area contributed by atoms with Crippen LogP contribution in [0.3, 0.4) is 0 Å². The highest BCUT2D eigenvalue weighted by atomic mass is 19.1. The Bertz CT molecular complexity index is 540. The fraction of sp³-hybridized carbons (Fsp3) is 0.231. The molecule has 2 aromatic rings. The number of nitrogens with one attached hydrogen (secondary N) is 1. The third-order valence-corrected chi connectivity index (χ3v) is 2.76. The summed E-state index contributed by atoms with van der Waals surface area (Å²) in [5, 5.41) is 3.12. The molecule has 0 unspecified atom stereocenters. The van der Waals surface area contributed by atoms with E-state index in [9.17, 15) is 4.39 Å². The number of halogens is 1. The van der Waals surface area contributed by atoms with Crippen molar-refractivity contribution in [1.82, 2.24) is 15.3 Å². The fourth-order valence-electron chi connectivity index (χ4n) is 1.69. The summed E-state index contributed by atoms with van der Waals surface area (Å²) in [7, 11) is 0. The van der Waals surface area contributed by atoms with Crippen LogP contribution in [0.4, 0.5) is 4.39 Å². The summed E-state index contributed by atoms with van der Waals surface area (Å²) in [4.78, 5) is 8.36. The Morgan fingerprint density at radius 2 is 2.00 bits per heavy atom. The van der Waals surface area contributed by atoms with Gasteiger partial charge in [0.1, 0.15) is 11.9 Å². The van der Waals surface area contributed by atoms with Gasteiger partial charge in [-0.3, -0.25) is 0 Å². The Hall–Kier alpha value is -2.01. The van der Waals surface area contributed by atoms with Crippen LogP contribution < -0.4 is 10.1 Å². The van der Waals surface area contributed by atoms with Crippen LogP contribution in [0.1, 0.15) is 0 Å². The number of hydrogen-bond donors (Lipinski definition) is 1. The molecule has 1 aromatic carbocycles. The highest BCUT2D eigenvalue weighted by Gasteiger charge is 2.18. The first kappa shape index (κ1) is 11.1. The van der Waals surface area contributed by atoms with E-state index in [0.717, 1.165) is 13.1 Å². The molecule has 4 nitrogen and oxygen atoms in total. The summed E-state index contributed by atoms with van der Waals surface area (Å²) in [6, 6.07) is 6.21. The zero-order valence-electron chi connectivity index (χ0n) is 9.64. The molecule has 0 aliphatic carbocycles. The van der Waals surface area contributed by atoms with Gasteiger partial charge in [0.15, 0.2) is 11.6 Å². The summed E-state index contributed by atoms with van der Waals surface area (Å²) in [5.41, 5.74) is 0.659. The lowest BCUT2D eigenvalue weighted by Gasteiger charge is -2.27. The summed E-state index contributed by atoms with van der Waals surface area (Å²) in [5.74, 6) is 0.840. The fourth-order valence-corrected chi connectivity index (χ4v) is 1.69. The van der Waals surface area contributed by atoms with Crippen LogP contribution in [0.15, 0.2) is 36.7 Å². The number of aromatic nitrogens is 2. The van der Waals surface area contributed by atoms with Crippen LogP contribution in [0.25, 0.3) is 11.4 Å². The molecule has 1 fully saturated rings. The van der Waals surface area contributed by atoms with Gasteiger partial charge in [-0.2, -0.15) is 0 Å². The maximum Gasteiger partial charge on any atom is 0.159 e. The Morgan fingerprint density at radius 3 is 2.61 bits per heavy atom. The molecule has 5 heteroatoms. The van der Waals surface area contributed by atoms with Crippen molar-refractivity contribution in [2.24, 2.45) is 0 Å². The topological polar surface area (TPSA) is 47.0 Å². The van der Waals surface area contributed by atoms with E-state index in [0.29, 0.717) is 17.1 Å².